The fraction of sp³-hybridized carbons (Fsp3) is 0.375. The van der Waals surface area contributed by atoms with Gasteiger partial charge < -0.3 is 4.74 Å². The molecular formula is C24H28O2Si. The summed E-state index contributed by atoms with van der Waals surface area (Å²) in [7, 11) is -1.54. The quantitative estimate of drug-likeness (QED) is 0.394. The maximum absolute atomic E-state index is 12.7. The van der Waals surface area contributed by atoms with Gasteiger partial charge in [0.15, 0.2) is 11.4 Å². The lowest BCUT2D eigenvalue weighted by molar-refractivity contribution is -0.0964. The van der Waals surface area contributed by atoms with Gasteiger partial charge in [0.05, 0.1) is 6.10 Å². The minimum atomic E-state index is -1.54. The van der Waals surface area contributed by atoms with Crippen molar-refractivity contribution in [2.24, 2.45) is 0 Å². The largest absolute Gasteiger partial charge is 0.354 e. The van der Waals surface area contributed by atoms with Gasteiger partial charge in [0.1, 0.15) is 8.07 Å². The lowest BCUT2D eigenvalue weighted by Gasteiger charge is -2.38. The van der Waals surface area contributed by atoms with Gasteiger partial charge in [-0.25, -0.2) is 0 Å². The molecule has 3 rings (SSSR count). The van der Waals surface area contributed by atoms with E-state index in [4.69, 9.17) is 4.74 Å². The first-order valence-electron chi connectivity index (χ1n) is 9.74. The molecule has 1 aliphatic heterocycles. The SMILES string of the molecule is C[Si](C)(C)C#CC1(c2ccccc2)CCCC(CC(=O)c2ccccc2)O1. The molecule has 2 aromatic carbocycles. The van der Waals surface area contributed by atoms with Crippen molar-refractivity contribution in [2.45, 2.75) is 57.0 Å². The molecule has 0 bridgehead atoms. The maximum atomic E-state index is 12.7. The normalized spacial score (nSPS) is 22.6. The Morgan fingerprint density at radius 3 is 2.33 bits per heavy atom. The Morgan fingerprint density at radius 1 is 1.07 bits per heavy atom. The van der Waals surface area contributed by atoms with Crippen LogP contribution in [0.15, 0.2) is 60.7 Å². The highest BCUT2D eigenvalue weighted by Crippen LogP contribution is 2.38. The van der Waals surface area contributed by atoms with Crippen LogP contribution in [0.2, 0.25) is 19.6 Å². The Hall–Kier alpha value is -2.15. The molecule has 3 heteroatoms. The Kier molecular flexibility index (Phi) is 5.99. The van der Waals surface area contributed by atoms with Crippen LogP contribution in [0.25, 0.3) is 0 Å². The second-order valence-corrected chi connectivity index (χ2v) is 13.1. The number of carbonyl (C=O) groups excluding carboxylic acids is 1. The zero-order chi connectivity index (χ0) is 19.3. The van der Waals surface area contributed by atoms with Crippen LogP contribution in [0.4, 0.5) is 0 Å². The van der Waals surface area contributed by atoms with Gasteiger partial charge in [-0.05, 0) is 24.8 Å². The Balaban J connectivity index is 1.86. The predicted octanol–water partition coefficient (Wildman–Crippen LogP) is 5.60. The number of carbonyl (C=O) groups is 1. The number of ketones is 1. The number of ether oxygens (including phenoxy) is 1. The van der Waals surface area contributed by atoms with E-state index in [1.54, 1.807) is 0 Å². The molecule has 2 aromatic rings. The third-order valence-electron chi connectivity index (χ3n) is 4.81. The topological polar surface area (TPSA) is 26.3 Å². The summed E-state index contributed by atoms with van der Waals surface area (Å²) in [6.45, 7) is 6.74. The summed E-state index contributed by atoms with van der Waals surface area (Å²) >= 11 is 0. The molecule has 0 amide bonds. The van der Waals surface area contributed by atoms with Crippen LogP contribution >= 0.6 is 0 Å². The zero-order valence-corrected chi connectivity index (χ0v) is 17.5. The number of Topliss-reactive ketones (excluding diaryl/α,β-unsaturated/α-hetero) is 1. The first-order valence-corrected chi connectivity index (χ1v) is 13.2. The Labute approximate surface area is 164 Å². The van der Waals surface area contributed by atoms with E-state index in [1.807, 2.05) is 48.5 Å². The molecule has 140 valence electrons. The first kappa shape index (κ1) is 19.6. The summed E-state index contributed by atoms with van der Waals surface area (Å²) in [6.07, 6.45) is 3.12. The van der Waals surface area contributed by atoms with E-state index in [2.05, 4.69) is 43.2 Å². The van der Waals surface area contributed by atoms with Crippen LogP contribution in [0.5, 0.6) is 0 Å². The van der Waals surface area contributed by atoms with E-state index in [0.29, 0.717) is 6.42 Å². The molecule has 1 fully saturated rings. The molecular weight excluding hydrogens is 348 g/mol. The molecule has 2 unspecified atom stereocenters. The summed E-state index contributed by atoms with van der Waals surface area (Å²) < 4.78 is 6.58. The van der Waals surface area contributed by atoms with Crippen LogP contribution in [0.3, 0.4) is 0 Å². The van der Waals surface area contributed by atoms with Gasteiger partial charge in [0.25, 0.3) is 0 Å². The Bertz CT molecular complexity index is 827. The minimum absolute atomic E-state index is 0.0948. The van der Waals surface area contributed by atoms with E-state index in [9.17, 15) is 4.79 Å². The fourth-order valence-electron chi connectivity index (χ4n) is 3.45. The molecule has 0 aliphatic carbocycles. The van der Waals surface area contributed by atoms with Gasteiger partial charge in [0, 0.05) is 12.0 Å². The number of rotatable bonds is 4. The average Bonchev–Trinajstić information content (AvgIpc) is 2.67. The highest BCUT2D eigenvalue weighted by molar-refractivity contribution is 6.83. The molecule has 27 heavy (non-hydrogen) atoms. The lowest BCUT2D eigenvalue weighted by Crippen LogP contribution is -2.39. The van der Waals surface area contributed by atoms with Gasteiger partial charge in [0.2, 0.25) is 0 Å². The van der Waals surface area contributed by atoms with Crippen LogP contribution in [-0.4, -0.2) is 20.0 Å². The smallest absolute Gasteiger partial charge is 0.165 e. The van der Waals surface area contributed by atoms with E-state index >= 15 is 0 Å². The van der Waals surface area contributed by atoms with Crippen molar-refractivity contribution < 1.29 is 9.53 Å². The number of hydrogen-bond donors (Lipinski definition) is 0. The summed E-state index contributed by atoms with van der Waals surface area (Å²) in [5.41, 5.74) is 4.78. The summed E-state index contributed by atoms with van der Waals surface area (Å²) in [5, 5.41) is 0. The van der Waals surface area contributed by atoms with Crippen molar-refractivity contribution in [1.29, 1.82) is 0 Å². The molecule has 2 nitrogen and oxygen atoms in total. The highest BCUT2D eigenvalue weighted by Gasteiger charge is 2.38. The first-order chi connectivity index (χ1) is 12.9. The van der Waals surface area contributed by atoms with Gasteiger partial charge in [-0.15, -0.1) is 5.54 Å². The van der Waals surface area contributed by atoms with Crippen molar-refractivity contribution in [3.8, 4) is 11.5 Å². The average molecular weight is 377 g/mol. The van der Waals surface area contributed by atoms with Gasteiger partial charge >= 0.3 is 0 Å². The van der Waals surface area contributed by atoms with Crippen molar-refractivity contribution in [2.75, 3.05) is 0 Å². The van der Waals surface area contributed by atoms with Gasteiger partial charge in [-0.2, -0.15) is 0 Å². The van der Waals surface area contributed by atoms with E-state index in [-0.39, 0.29) is 11.9 Å². The fourth-order valence-corrected chi connectivity index (χ4v) is 4.02. The molecule has 0 spiro atoms. The molecule has 1 saturated heterocycles. The van der Waals surface area contributed by atoms with E-state index in [0.717, 1.165) is 30.4 Å². The second-order valence-electron chi connectivity index (χ2n) is 8.32. The van der Waals surface area contributed by atoms with Crippen LogP contribution < -0.4 is 0 Å². The molecule has 0 aromatic heterocycles. The van der Waals surface area contributed by atoms with Crippen LogP contribution in [0, 0.1) is 11.5 Å². The molecule has 0 N–H and O–H groups in total. The maximum Gasteiger partial charge on any atom is 0.165 e. The Morgan fingerprint density at radius 2 is 1.70 bits per heavy atom. The number of benzene rings is 2. The standard InChI is InChI=1S/C24H28O2Si/c1-27(2,3)18-17-24(21-13-8-5-9-14-21)16-10-15-22(26-24)19-23(25)20-11-6-4-7-12-20/h4-9,11-14,22H,10,15-16,19H2,1-3H3. The monoisotopic (exact) mass is 376 g/mol. The lowest BCUT2D eigenvalue weighted by atomic mass is 9.84. The summed E-state index contributed by atoms with van der Waals surface area (Å²) in [4.78, 5) is 12.7. The molecule has 0 saturated carbocycles. The van der Waals surface area contributed by atoms with Gasteiger partial charge in [-0.1, -0.05) is 86.2 Å². The van der Waals surface area contributed by atoms with Crippen molar-refractivity contribution >= 4 is 13.9 Å². The molecule has 1 heterocycles. The highest BCUT2D eigenvalue weighted by atomic mass is 28.3. The van der Waals surface area contributed by atoms with Gasteiger partial charge in [-0.3, -0.25) is 4.79 Å². The summed E-state index contributed by atoms with van der Waals surface area (Å²) in [5.74, 6) is 3.65. The second kappa shape index (κ2) is 8.25. The van der Waals surface area contributed by atoms with Crippen molar-refractivity contribution in [1.82, 2.24) is 0 Å². The predicted molar refractivity (Wildman–Crippen MR) is 113 cm³/mol. The molecule has 2 atom stereocenters. The summed E-state index contributed by atoms with van der Waals surface area (Å²) in [6, 6.07) is 19.8. The van der Waals surface area contributed by atoms with Crippen LogP contribution in [-0.2, 0) is 10.3 Å². The number of hydrogen-bond acceptors (Lipinski definition) is 2. The van der Waals surface area contributed by atoms with E-state index in [1.165, 1.54) is 0 Å². The zero-order valence-electron chi connectivity index (χ0n) is 16.5. The van der Waals surface area contributed by atoms with Crippen LogP contribution in [0.1, 0.15) is 41.6 Å². The third kappa shape index (κ3) is 5.19. The third-order valence-corrected chi connectivity index (χ3v) is 5.69. The molecule has 0 radical (unpaired) electrons. The minimum Gasteiger partial charge on any atom is -0.354 e. The van der Waals surface area contributed by atoms with Crippen molar-refractivity contribution in [3.05, 3.63) is 71.8 Å². The van der Waals surface area contributed by atoms with Crippen molar-refractivity contribution in [3.63, 3.8) is 0 Å². The molecule has 1 aliphatic rings. The van der Waals surface area contributed by atoms with E-state index < -0.39 is 13.7 Å².